The molecule has 0 aliphatic carbocycles. The fraction of sp³-hybridized carbons (Fsp3) is 0.150. The van der Waals surface area contributed by atoms with Gasteiger partial charge in [-0.1, -0.05) is 47.4 Å². The number of nitrogens with zero attached hydrogens (tertiary/aromatic N) is 3. The van der Waals surface area contributed by atoms with Crippen molar-refractivity contribution in [3.05, 3.63) is 78.1 Å². The van der Waals surface area contributed by atoms with Gasteiger partial charge in [0.2, 0.25) is 0 Å². The molecule has 1 aromatic heterocycles. The third-order valence-electron chi connectivity index (χ3n) is 3.77. The number of hydrogen-bond donors (Lipinski definition) is 2. The van der Waals surface area contributed by atoms with E-state index in [-0.39, 0.29) is 12.1 Å². The highest BCUT2D eigenvalue weighted by Crippen LogP contribution is 2.14. The number of hydrogen-bond acceptors (Lipinski definition) is 3. The van der Waals surface area contributed by atoms with Crippen molar-refractivity contribution in [2.24, 2.45) is 0 Å². The SMILES string of the molecule is CC(NC(=O)NCC#Cc1ccccc1)c1ccc(-n2ccnn2)cc1. The molecule has 2 N–H and O–H groups in total. The van der Waals surface area contributed by atoms with Crippen molar-refractivity contribution in [3.63, 3.8) is 0 Å². The van der Waals surface area contributed by atoms with Gasteiger partial charge in [0.15, 0.2) is 0 Å². The average molecular weight is 345 g/mol. The summed E-state index contributed by atoms with van der Waals surface area (Å²) in [6.45, 7) is 2.22. The molecule has 0 spiro atoms. The maximum Gasteiger partial charge on any atom is 0.316 e. The van der Waals surface area contributed by atoms with Crippen LogP contribution in [0.15, 0.2) is 67.0 Å². The lowest BCUT2D eigenvalue weighted by Crippen LogP contribution is -2.37. The predicted molar refractivity (Wildman–Crippen MR) is 99.6 cm³/mol. The summed E-state index contributed by atoms with van der Waals surface area (Å²) < 4.78 is 1.68. The van der Waals surface area contributed by atoms with Crippen LogP contribution < -0.4 is 10.6 Å². The molecule has 3 aromatic rings. The summed E-state index contributed by atoms with van der Waals surface area (Å²) in [6.07, 6.45) is 3.41. The van der Waals surface area contributed by atoms with Gasteiger partial charge in [0, 0.05) is 5.56 Å². The molecule has 2 aromatic carbocycles. The molecule has 26 heavy (non-hydrogen) atoms. The summed E-state index contributed by atoms with van der Waals surface area (Å²) >= 11 is 0. The van der Waals surface area contributed by atoms with Crippen LogP contribution in [0.1, 0.15) is 24.1 Å². The Kier molecular flexibility index (Phi) is 5.63. The van der Waals surface area contributed by atoms with Gasteiger partial charge in [-0.25, -0.2) is 9.48 Å². The first kappa shape index (κ1) is 17.2. The lowest BCUT2D eigenvalue weighted by atomic mass is 10.1. The zero-order valence-electron chi connectivity index (χ0n) is 14.4. The average Bonchev–Trinajstić information content (AvgIpc) is 3.21. The molecule has 1 atom stereocenters. The number of rotatable bonds is 4. The van der Waals surface area contributed by atoms with Crippen LogP contribution in [-0.4, -0.2) is 27.6 Å². The van der Waals surface area contributed by atoms with Crippen LogP contribution in [0.2, 0.25) is 0 Å². The summed E-state index contributed by atoms with van der Waals surface area (Å²) in [4.78, 5) is 12.0. The van der Waals surface area contributed by atoms with E-state index >= 15 is 0 Å². The molecule has 0 saturated carbocycles. The number of carbonyl (C=O) groups excluding carboxylic acids is 1. The van der Waals surface area contributed by atoms with Gasteiger partial charge < -0.3 is 10.6 Å². The van der Waals surface area contributed by atoms with E-state index in [0.717, 1.165) is 16.8 Å². The lowest BCUT2D eigenvalue weighted by molar-refractivity contribution is 0.239. The minimum Gasteiger partial charge on any atom is -0.332 e. The molecule has 6 heteroatoms. The molecular weight excluding hydrogens is 326 g/mol. The van der Waals surface area contributed by atoms with Crippen molar-refractivity contribution >= 4 is 6.03 Å². The van der Waals surface area contributed by atoms with E-state index in [2.05, 4.69) is 32.8 Å². The molecular formula is C20H19N5O. The number of aromatic nitrogens is 3. The third kappa shape index (κ3) is 4.71. The Balaban J connectivity index is 1.49. The van der Waals surface area contributed by atoms with Gasteiger partial charge in [0.1, 0.15) is 0 Å². The monoisotopic (exact) mass is 345 g/mol. The molecule has 2 amide bonds. The molecule has 0 aliphatic heterocycles. The van der Waals surface area contributed by atoms with E-state index in [4.69, 9.17) is 0 Å². The molecule has 1 unspecified atom stereocenters. The second-order valence-corrected chi connectivity index (χ2v) is 5.66. The largest absolute Gasteiger partial charge is 0.332 e. The molecule has 0 bridgehead atoms. The highest BCUT2D eigenvalue weighted by molar-refractivity contribution is 5.74. The van der Waals surface area contributed by atoms with Gasteiger partial charge in [0.05, 0.1) is 30.7 Å². The normalized spacial score (nSPS) is 11.1. The predicted octanol–water partition coefficient (Wildman–Crippen LogP) is 2.68. The van der Waals surface area contributed by atoms with Crippen LogP contribution in [0.3, 0.4) is 0 Å². The maximum absolute atomic E-state index is 12.0. The van der Waals surface area contributed by atoms with E-state index in [9.17, 15) is 4.79 Å². The van der Waals surface area contributed by atoms with E-state index in [1.807, 2.05) is 61.5 Å². The molecule has 0 aliphatic rings. The smallest absolute Gasteiger partial charge is 0.316 e. The van der Waals surface area contributed by atoms with E-state index < -0.39 is 0 Å². The Morgan fingerprint density at radius 2 is 1.92 bits per heavy atom. The number of urea groups is 1. The minimum atomic E-state index is -0.250. The van der Waals surface area contributed by atoms with Crippen LogP contribution in [0.4, 0.5) is 4.79 Å². The first-order chi connectivity index (χ1) is 12.7. The van der Waals surface area contributed by atoms with Gasteiger partial charge >= 0.3 is 6.03 Å². The Morgan fingerprint density at radius 3 is 2.62 bits per heavy atom. The highest BCUT2D eigenvalue weighted by atomic mass is 16.2. The van der Waals surface area contributed by atoms with Crippen LogP contribution in [0.5, 0.6) is 0 Å². The fourth-order valence-corrected chi connectivity index (χ4v) is 2.38. The summed E-state index contributed by atoms with van der Waals surface area (Å²) in [6, 6.07) is 17.1. The molecule has 0 saturated heterocycles. The van der Waals surface area contributed by atoms with Gasteiger partial charge in [-0.3, -0.25) is 0 Å². The van der Waals surface area contributed by atoms with Crippen LogP contribution in [0, 0.1) is 11.8 Å². The van der Waals surface area contributed by atoms with Crippen molar-refractivity contribution in [1.82, 2.24) is 25.6 Å². The second kappa shape index (κ2) is 8.49. The van der Waals surface area contributed by atoms with Gasteiger partial charge in [-0.15, -0.1) is 5.10 Å². The van der Waals surface area contributed by atoms with Crippen molar-refractivity contribution in [3.8, 4) is 17.5 Å². The molecule has 0 radical (unpaired) electrons. The minimum absolute atomic E-state index is 0.123. The topological polar surface area (TPSA) is 71.8 Å². The second-order valence-electron chi connectivity index (χ2n) is 5.66. The molecule has 1 heterocycles. The summed E-state index contributed by atoms with van der Waals surface area (Å²) in [5, 5.41) is 13.4. The number of benzene rings is 2. The first-order valence-corrected chi connectivity index (χ1v) is 8.27. The van der Waals surface area contributed by atoms with E-state index in [1.54, 1.807) is 17.1 Å². The van der Waals surface area contributed by atoms with E-state index in [0.29, 0.717) is 6.54 Å². The van der Waals surface area contributed by atoms with Crippen LogP contribution in [0.25, 0.3) is 5.69 Å². The maximum atomic E-state index is 12.0. The summed E-state index contributed by atoms with van der Waals surface area (Å²) in [5.41, 5.74) is 2.84. The molecule has 0 fully saturated rings. The zero-order valence-corrected chi connectivity index (χ0v) is 14.4. The quantitative estimate of drug-likeness (QED) is 0.714. The third-order valence-corrected chi connectivity index (χ3v) is 3.77. The van der Waals surface area contributed by atoms with Gasteiger partial charge in [-0.05, 0) is 36.8 Å². The standard InChI is InChI=1S/C20H19N5O/c1-16(18-9-11-19(12-10-18)25-15-14-22-24-25)23-20(26)21-13-5-8-17-6-3-2-4-7-17/h2-4,6-7,9-12,14-16H,13H2,1H3,(H2,21,23,26). The number of nitrogens with one attached hydrogen (secondary N) is 2. The van der Waals surface area contributed by atoms with Crippen LogP contribution >= 0.6 is 0 Å². The van der Waals surface area contributed by atoms with Gasteiger partial charge in [-0.2, -0.15) is 0 Å². The molecule has 6 nitrogen and oxygen atoms in total. The summed E-state index contributed by atoms with van der Waals surface area (Å²) in [5.74, 6) is 5.93. The lowest BCUT2D eigenvalue weighted by Gasteiger charge is -2.14. The van der Waals surface area contributed by atoms with E-state index in [1.165, 1.54) is 0 Å². The molecule has 130 valence electrons. The first-order valence-electron chi connectivity index (χ1n) is 8.27. The van der Waals surface area contributed by atoms with Crippen LogP contribution in [-0.2, 0) is 0 Å². The molecule has 3 rings (SSSR count). The zero-order chi connectivity index (χ0) is 18.2. The number of amides is 2. The van der Waals surface area contributed by atoms with Crippen molar-refractivity contribution in [1.29, 1.82) is 0 Å². The number of carbonyl (C=O) groups is 1. The Hall–Kier alpha value is -3.59. The van der Waals surface area contributed by atoms with Crippen molar-refractivity contribution in [2.45, 2.75) is 13.0 Å². The van der Waals surface area contributed by atoms with Gasteiger partial charge in [0.25, 0.3) is 0 Å². The highest BCUT2D eigenvalue weighted by Gasteiger charge is 2.09. The Morgan fingerprint density at radius 1 is 1.15 bits per heavy atom. The van der Waals surface area contributed by atoms with Crippen molar-refractivity contribution in [2.75, 3.05) is 6.54 Å². The Labute approximate surface area is 152 Å². The summed E-state index contributed by atoms with van der Waals surface area (Å²) in [7, 11) is 0. The van der Waals surface area contributed by atoms with Crippen molar-refractivity contribution < 1.29 is 4.79 Å². The Bertz CT molecular complexity index is 893. The fourth-order valence-electron chi connectivity index (χ4n) is 2.38.